The minimum absolute atomic E-state index is 0.506. The number of nitrogens with zero attached hydrogens (tertiary/aromatic N) is 3. The fourth-order valence-corrected chi connectivity index (χ4v) is 2.47. The first-order valence-electron chi connectivity index (χ1n) is 5.78. The summed E-state index contributed by atoms with van der Waals surface area (Å²) in [6.07, 6.45) is 6.31. The summed E-state index contributed by atoms with van der Waals surface area (Å²) in [4.78, 5) is 3.98. The molecule has 0 spiro atoms. The molecule has 1 aromatic heterocycles. The lowest BCUT2D eigenvalue weighted by Gasteiger charge is -2.11. The van der Waals surface area contributed by atoms with Crippen LogP contribution in [0.2, 0.25) is 0 Å². The first kappa shape index (κ1) is 13.7. The zero-order valence-electron chi connectivity index (χ0n) is 10.2. The smallest absolute Gasteiger partial charge is 0.155 e. The molecule has 1 heterocycles. The number of ether oxygens (including phenoxy) is 1. The van der Waals surface area contributed by atoms with E-state index in [-0.39, 0.29) is 0 Å². The molecular weight excluding hydrogens is 355 g/mol. The molecule has 0 aliphatic carbocycles. The normalized spacial score (nSPS) is 10.1. The Hall–Kier alpha value is -1.75. The first-order valence-corrected chi connectivity index (χ1v) is 6.86. The van der Waals surface area contributed by atoms with Crippen LogP contribution in [0.25, 0.3) is 0 Å². The highest BCUT2D eigenvalue weighted by Gasteiger charge is 2.08. The number of nitrogens with two attached hydrogens (primary N) is 1. The zero-order chi connectivity index (χ0) is 13.7. The Labute approximate surface area is 125 Å². The van der Waals surface area contributed by atoms with Crippen LogP contribution in [0.15, 0.2) is 30.9 Å². The van der Waals surface area contributed by atoms with E-state index < -0.39 is 0 Å². The van der Waals surface area contributed by atoms with Gasteiger partial charge in [-0.25, -0.2) is 4.98 Å². The van der Waals surface area contributed by atoms with E-state index in [4.69, 9.17) is 15.7 Å². The fraction of sp³-hybridized carbons (Fsp3) is 0.231. The molecule has 1 aromatic carbocycles. The minimum atomic E-state index is 0.506. The SMILES string of the molecule is N#Cc1cc(N)c(OCCCn2ccnc2)c(I)c1. The van der Waals surface area contributed by atoms with Gasteiger partial charge in [-0.2, -0.15) is 5.26 Å². The summed E-state index contributed by atoms with van der Waals surface area (Å²) in [6.45, 7) is 1.43. The van der Waals surface area contributed by atoms with E-state index in [0.29, 0.717) is 23.6 Å². The largest absolute Gasteiger partial charge is 0.490 e. The van der Waals surface area contributed by atoms with Crippen LogP contribution in [0.1, 0.15) is 12.0 Å². The summed E-state index contributed by atoms with van der Waals surface area (Å²) in [5.41, 5.74) is 6.93. The molecule has 0 bridgehead atoms. The van der Waals surface area contributed by atoms with Gasteiger partial charge in [-0.05, 0) is 41.1 Å². The van der Waals surface area contributed by atoms with Crippen molar-refractivity contribution >= 4 is 28.3 Å². The Kier molecular flexibility index (Phi) is 4.63. The predicted octanol–water partition coefficient (Wildman–Crippen LogP) is 2.41. The maximum absolute atomic E-state index is 8.84. The number of hydrogen-bond acceptors (Lipinski definition) is 4. The lowest BCUT2D eigenvalue weighted by atomic mass is 10.2. The van der Waals surface area contributed by atoms with Crippen LogP contribution in [-0.2, 0) is 6.54 Å². The van der Waals surface area contributed by atoms with Crippen LogP contribution < -0.4 is 10.5 Å². The molecule has 0 radical (unpaired) electrons. The topological polar surface area (TPSA) is 76.9 Å². The van der Waals surface area contributed by atoms with E-state index in [0.717, 1.165) is 16.5 Å². The zero-order valence-corrected chi connectivity index (χ0v) is 12.4. The molecule has 19 heavy (non-hydrogen) atoms. The Morgan fingerprint density at radius 3 is 2.95 bits per heavy atom. The quantitative estimate of drug-likeness (QED) is 0.500. The molecule has 0 aliphatic heterocycles. The number of rotatable bonds is 5. The predicted molar refractivity (Wildman–Crippen MR) is 80.6 cm³/mol. The van der Waals surface area contributed by atoms with Crippen molar-refractivity contribution in [3.63, 3.8) is 0 Å². The van der Waals surface area contributed by atoms with Crippen LogP contribution in [-0.4, -0.2) is 16.2 Å². The molecular formula is C13H13IN4O. The van der Waals surface area contributed by atoms with Crippen molar-refractivity contribution in [3.8, 4) is 11.8 Å². The highest BCUT2D eigenvalue weighted by molar-refractivity contribution is 14.1. The third-order valence-corrected chi connectivity index (χ3v) is 3.37. The van der Waals surface area contributed by atoms with Gasteiger partial charge in [-0.15, -0.1) is 0 Å². The number of aryl methyl sites for hydroxylation is 1. The van der Waals surface area contributed by atoms with Crippen molar-refractivity contribution in [2.75, 3.05) is 12.3 Å². The number of halogens is 1. The van der Waals surface area contributed by atoms with Gasteiger partial charge >= 0.3 is 0 Å². The van der Waals surface area contributed by atoms with Gasteiger partial charge in [-0.3, -0.25) is 0 Å². The van der Waals surface area contributed by atoms with Crippen LogP contribution in [0.4, 0.5) is 5.69 Å². The molecule has 6 heteroatoms. The molecule has 0 unspecified atom stereocenters. The first-order chi connectivity index (χ1) is 9.20. The number of imidazole rings is 1. The number of benzene rings is 1. The van der Waals surface area contributed by atoms with Crippen molar-refractivity contribution in [1.82, 2.24) is 9.55 Å². The van der Waals surface area contributed by atoms with Crippen LogP contribution in [0, 0.1) is 14.9 Å². The highest BCUT2D eigenvalue weighted by Crippen LogP contribution is 2.29. The van der Waals surface area contributed by atoms with Gasteiger partial charge in [0.25, 0.3) is 0 Å². The van der Waals surface area contributed by atoms with E-state index in [9.17, 15) is 0 Å². The lowest BCUT2D eigenvalue weighted by Crippen LogP contribution is -2.06. The van der Waals surface area contributed by atoms with Gasteiger partial charge in [0.1, 0.15) is 0 Å². The van der Waals surface area contributed by atoms with Gasteiger partial charge in [0.2, 0.25) is 0 Å². The standard InChI is InChI=1S/C13H13IN4O/c14-11-6-10(8-15)7-12(16)13(11)19-5-1-3-18-4-2-17-9-18/h2,4,6-7,9H,1,3,5,16H2. The molecule has 2 N–H and O–H groups in total. The molecule has 2 aromatic rings. The van der Waals surface area contributed by atoms with E-state index in [1.54, 1.807) is 24.7 Å². The Morgan fingerprint density at radius 2 is 2.32 bits per heavy atom. The van der Waals surface area contributed by atoms with Gasteiger partial charge in [0, 0.05) is 18.9 Å². The molecule has 2 rings (SSSR count). The molecule has 0 saturated heterocycles. The Morgan fingerprint density at radius 1 is 1.47 bits per heavy atom. The van der Waals surface area contributed by atoms with Crippen LogP contribution >= 0.6 is 22.6 Å². The summed E-state index contributed by atoms with van der Waals surface area (Å²) in [5, 5.41) is 8.84. The van der Waals surface area contributed by atoms with Crippen LogP contribution in [0.5, 0.6) is 5.75 Å². The second kappa shape index (κ2) is 6.43. The van der Waals surface area contributed by atoms with E-state index in [1.165, 1.54) is 0 Å². The van der Waals surface area contributed by atoms with Gasteiger partial charge < -0.3 is 15.0 Å². The van der Waals surface area contributed by atoms with E-state index in [1.807, 2.05) is 10.8 Å². The molecule has 98 valence electrons. The van der Waals surface area contributed by atoms with E-state index >= 15 is 0 Å². The lowest BCUT2D eigenvalue weighted by molar-refractivity contribution is 0.301. The second-order valence-corrected chi connectivity index (χ2v) is 5.15. The average Bonchev–Trinajstić information content (AvgIpc) is 2.89. The Bertz CT molecular complexity index is 566. The maximum atomic E-state index is 8.84. The molecule has 0 fully saturated rings. The average molecular weight is 368 g/mol. The van der Waals surface area contributed by atoms with Crippen molar-refractivity contribution in [3.05, 3.63) is 40.0 Å². The second-order valence-electron chi connectivity index (χ2n) is 3.99. The fourth-order valence-electron chi connectivity index (χ4n) is 1.67. The Balaban J connectivity index is 1.91. The van der Waals surface area contributed by atoms with Gasteiger partial charge in [0.15, 0.2) is 5.75 Å². The van der Waals surface area contributed by atoms with E-state index in [2.05, 4.69) is 33.6 Å². The summed E-state index contributed by atoms with van der Waals surface area (Å²) >= 11 is 2.13. The monoisotopic (exact) mass is 368 g/mol. The number of aromatic nitrogens is 2. The van der Waals surface area contributed by atoms with Gasteiger partial charge in [0.05, 0.1) is 33.8 Å². The summed E-state index contributed by atoms with van der Waals surface area (Å²) in [5.74, 6) is 0.658. The van der Waals surface area contributed by atoms with Crippen LogP contribution in [0.3, 0.4) is 0 Å². The molecule has 0 aliphatic rings. The van der Waals surface area contributed by atoms with Crippen molar-refractivity contribution < 1.29 is 4.74 Å². The van der Waals surface area contributed by atoms with Crippen molar-refractivity contribution in [2.45, 2.75) is 13.0 Å². The summed E-state index contributed by atoms with van der Waals surface area (Å²) < 4.78 is 8.54. The number of anilines is 1. The number of nitriles is 1. The molecule has 0 atom stereocenters. The molecule has 0 saturated carbocycles. The minimum Gasteiger partial charge on any atom is -0.490 e. The number of nitrogen functional groups attached to an aromatic ring is 1. The number of hydrogen-bond donors (Lipinski definition) is 1. The third kappa shape index (κ3) is 3.61. The highest BCUT2D eigenvalue weighted by atomic mass is 127. The molecule has 5 nitrogen and oxygen atoms in total. The summed E-state index contributed by atoms with van der Waals surface area (Å²) in [7, 11) is 0. The van der Waals surface area contributed by atoms with Crippen molar-refractivity contribution in [1.29, 1.82) is 5.26 Å². The molecule has 0 amide bonds. The maximum Gasteiger partial charge on any atom is 0.155 e. The summed E-state index contributed by atoms with van der Waals surface area (Å²) in [6, 6.07) is 5.47. The third-order valence-electron chi connectivity index (χ3n) is 2.57. The van der Waals surface area contributed by atoms with Crippen molar-refractivity contribution in [2.24, 2.45) is 0 Å². The van der Waals surface area contributed by atoms with Gasteiger partial charge in [-0.1, -0.05) is 0 Å².